The minimum Gasteiger partial charge on any atom is -0.352 e. The number of hydrogen-bond donors (Lipinski definition) is 1. The fourth-order valence-corrected chi connectivity index (χ4v) is 1.97. The average molecular weight is 231 g/mol. The van der Waals surface area contributed by atoms with Crippen LogP contribution in [-0.4, -0.2) is 22.0 Å². The number of rotatable bonds is 3. The number of carbonyl (C=O) groups is 1. The van der Waals surface area contributed by atoms with Crippen molar-refractivity contribution in [3.63, 3.8) is 0 Å². The van der Waals surface area contributed by atoms with Crippen molar-refractivity contribution in [3.8, 4) is 0 Å². The number of amides is 1. The summed E-state index contributed by atoms with van der Waals surface area (Å²) < 4.78 is 2.07. The molecule has 1 heterocycles. The molecule has 0 fully saturated rings. The second kappa shape index (κ2) is 4.57. The Morgan fingerprint density at radius 3 is 2.82 bits per heavy atom. The van der Waals surface area contributed by atoms with Crippen molar-refractivity contribution in [2.45, 2.75) is 20.3 Å². The van der Waals surface area contributed by atoms with Crippen LogP contribution in [0.15, 0.2) is 18.2 Å². The van der Waals surface area contributed by atoms with Crippen molar-refractivity contribution in [3.05, 3.63) is 29.6 Å². The molecule has 2 rings (SSSR count). The lowest BCUT2D eigenvalue weighted by Crippen LogP contribution is -2.22. The molecular formula is C13H17N3O. The minimum absolute atomic E-state index is 0.0434. The maximum absolute atomic E-state index is 11.7. The lowest BCUT2D eigenvalue weighted by atomic mass is 10.2. The van der Waals surface area contributed by atoms with Crippen molar-refractivity contribution < 1.29 is 4.79 Å². The van der Waals surface area contributed by atoms with Crippen LogP contribution in [0.3, 0.4) is 0 Å². The molecule has 1 aromatic heterocycles. The van der Waals surface area contributed by atoms with Crippen LogP contribution in [0.25, 0.3) is 11.0 Å². The highest BCUT2D eigenvalue weighted by atomic mass is 16.1. The fourth-order valence-electron chi connectivity index (χ4n) is 1.97. The van der Waals surface area contributed by atoms with Crippen molar-refractivity contribution in [1.29, 1.82) is 0 Å². The normalized spacial score (nSPS) is 10.8. The molecule has 0 radical (unpaired) electrons. The van der Waals surface area contributed by atoms with E-state index in [1.165, 1.54) is 0 Å². The highest BCUT2D eigenvalue weighted by Gasteiger charge is 2.09. The van der Waals surface area contributed by atoms with Gasteiger partial charge in [-0.15, -0.1) is 0 Å². The maximum Gasteiger partial charge on any atom is 0.251 e. The zero-order chi connectivity index (χ0) is 12.4. The van der Waals surface area contributed by atoms with Gasteiger partial charge in [0.1, 0.15) is 5.82 Å². The smallest absolute Gasteiger partial charge is 0.251 e. The molecule has 4 heteroatoms. The van der Waals surface area contributed by atoms with Gasteiger partial charge in [0.15, 0.2) is 0 Å². The first kappa shape index (κ1) is 11.6. The Labute approximate surface area is 101 Å². The molecule has 0 saturated carbocycles. The minimum atomic E-state index is -0.0434. The molecule has 0 atom stereocenters. The molecule has 0 aliphatic heterocycles. The van der Waals surface area contributed by atoms with Gasteiger partial charge in [-0.2, -0.15) is 0 Å². The average Bonchev–Trinajstić information content (AvgIpc) is 2.66. The number of fused-ring (bicyclic) bond motifs is 1. The van der Waals surface area contributed by atoms with Gasteiger partial charge in [0.2, 0.25) is 0 Å². The predicted octanol–water partition coefficient (Wildman–Crippen LogP) is 1.89. The number of nitrogens with zero attached hydrogens (tertiary/aromatic N) is 2. The van der Waals surface area contributed by atoms with Gasteiger partial charge in [0, 0.05) is 25.6 Å². The Hall–Kier alpha value is -1.84. The van der Waals surface area contributed by atoms with Crippen molar-refractivity contribution in [2.24, 2.45) is 7.05 Å². The molecule has 0 spiro atoms. The number of aryl methyl sites for hydroxylation is 2. The molecule has 4 nitrogen and oxygen atoms in total. The zero-order valence-electron chi connectivity index (χ0n) is 10.4. The monoisotopic (exact) mass is 231 g/mol. The first-order valence-corrected chi connectivity index (χ1v) is 5.91. The van der Waals surface area contributed by atoms with Crippen LogP contribution in [0.1, 0.15) is 30.0 Å². The van der Waals surface area contributed by atoms with E-state index >= 15 is 0 Å². The van der Waals surface area contributed by atoms with Crippen molar-refractivity contribution >= 4 is 16.9 Å². The van der Waals surface area contributed by atoms with E-state index in [2.05, 4.69) is 21.8 Å². The quantitative estimate of drug-likeness (QED) is 0.876. The molecule has 1 N–H and O–H groups in total. The van der Waals surface area contributed by atoms with E-state index in [1.807, 2.05) is 32.2 Å². The first-order chi connectivity index (χ1) is 8.17. The summed E-state index contributed by atoms with van der Waals surface area (Å²) >= 11 is 0. The molecule has 0 saturated heterocycles. The summed E-state index contributed by atoms with van der Waals surface area (Å²) in [4.78, 5) is 16.2. The van der Waals surface area contributed by atoms with Crippen LogP contribution >= 0.6 is 0 Å². The Balaban J connectivity index is 2.47. The fraction of sp³-hybridized carbons (Fsp3) is 0.385. The Morgan fingerprint density at radius 1 is 1.41 bits per heavy atom. The molecule has 17 heavy (non-hydrogen) atoms. The van der Waals surface area contributed by atoms with E-state index in [9.17, 15) is 4.79 Å². The van der Waals surface area contributed by atoms with Gasteiger partial charge >= 0.3 is 0 Å². The largest absolute Gasteiger partial charge is 0.352 e. The van der Waals surface area contributed by atoms with Gasteiger partial charge in [-0.25, -0.2) is 4.98 Å². The number of nitrogens with one attached hydrogen (secondary N) is 1. The lowest BCUT2D eigenvalue weighted by molar-refractivity contribution is 0.0956. The Kier molecular flexibility index (Phi) is 3.13. The summed E-state index contributed by atoms with van der Waals surface area (Å²) in [5, 5.41) is 2.79. The van der Waals surface area contributed by atoms with Crippen molar-refractivity contribution in [2.75, 3.05) is 6.54 Å². The van der Waals surface area contributed by atoms with Gasteiger partial charge in [-0.05, 0) is 25.1 Å². The van der Waals surface area contributed by atoms with Crippen LogP contribution in [0.5, 0.6) is 0 Å². The third kappa shape index (κ3) is 2.02. The van der Waals surface area contributed by atoms with Crippen LogP contribution in [0.2, 0.25) is 0 Å². The topological polar surface area (TPSA) is 46.9 Å². The third-order valence-electron chi connectivity index (χ3n) is 2.89. The molecule has 2 aromatic rings. The lowest BCUT2D eigenvalue weighted by Gasteiger charge is -2.02. The summed E-state index contributed by atoms with van der Waals surface area (Å²) in [7, 11) is 2.00. The summed E-state index contributed by atoms with van der Waals surface area (Å²) in [6, 6.07) is 5.64. The van der Waals surface area contributed by atoms with Gasteiger partial charge in [-0.1, -0.05) is 6.92 Å². The first-order valence-electron chi connectivity index (χ1n) is 5.91. The van der Waals surface area contributed by atoms with Crippen LogP contribution < -0.4 is 5.32 Å². The summed E-state index contributed by atoms with van der Waals surface area (Å²) in [5.74, 6) is 0.992. The highest BCUT2D eigenvalue weighted by molar-refractivity contribution is 5.97. The van der Waals surface area contributed by atoms with Gasteiger partial charge in [0.05, 0.1) is 11.0 Å². The Bertz CT molecular complexity index is 557. The van der Waals surface area contributed by atoms with E-state index in [4.69, 9.17) is 0 Å². The van der Waals surface area contributed by atoms with Gasteiger partial charge in [0.25, 0.3) is 5.91 Å². The van der Waals surface area contributed by atoms with E-state index in [0.29, 0.717) is 12.1 Å². The summed E-state index contributed by atoms with van der Waals surface area (Å²) in [6.45, 7) is 4.62. The van der Waals surface area contributed by atoms with Gasteiger partial charge in [-0.3, -0.25) is 4.79 Å². The second-order valence-corrected chi connectivity index (χ2v) is 4.00. The number of imidazole rings is 1. The van der Waals surface area contributed by atoms with Crippen LogP contribution in [-0.2, 0) is 13.5 Å². The van der Waals surface area contributed by atoms with Crippen molar-refractivity contribution in [1.82, 2.24) is 14.9 Å². The maximum atomic E-state index is 11.7. The molecule has 1 aromatic carbocycles. The molecule has 0 aliphatic carbocycles. The predicted molar refractivity (Wildman–Crippen MR) is 68.1 cm³/mol. The third-order valence-corrected chi connectivity index (χ3v) is 2.89. The molecule has 0 aliphatic rings. The van der Waals surface area contributed by atoms with Crippen LogP contribution in [0.4, 0.5) is 0 Å². The summed E-state index contributed by atoms with van der Waals surface area (Å²) in [5.41, 5.74) is 2.61. The molecule has 90 valence electrons. The molecule has 0 unspecified atom stereocenters. The number of carbonyl (C=O) groups excluding carboxylic acids is 1. The Morgan fingerprint density at radius 2 is 2.18 bits per heavy atom. The molecule has 0 bridgehead atoms. The van der Waals surface area contributed by atoms with E-state index < -0.39 is 0 Å². The molecule has 1 amide bonds. The number of benzene rings is 1. The SMILES string of the molecule is CCNC(=O)c1ccc2c(c1)nc(CC)n2C. The van der Waals surface area contributed by atoms with E-state index in [-0.39, 0.29) is 5.91 Å². The molecular weight excluding hydrogens is 214 g/mol. The standard InChI is InChI=1S/C13H17N3O/c1-4-12-15-10-8-9(13(17)14-5-2)6-7-11(10)16(12)3/h6-8H,4-5H2,1-3H3,(H,14,17). The zero-order valence-corrected chi connectivity index (χ0v) is 10.4. The number of hydrogen-bond acceptors (Lipinski definition) is 2. The highest BCUT2D eigenvalue weighted by Crippen LogP contribution is 2.17. The van der Waals surface area contributed by atoms with E-state index in [1.54, 1.807) is 0 Å². The van der Waals surface area contributed by atoms with Crippen LogP contribution in [0, 0.1) is 0 Å². The number of aromatic nitrogens is 2. The van der Waals surface area contributed by atoms with E-state index in [0.717, 1.165) is 23.3 Å². The second-order valence-electron chi connectivity index (χ2n) is 4.00. The van der Waals surface area contributed by atoms with Gasteiger partial charge < -0.3 is 9.88 Å². The summed E-state index contributed by atoms with van der Waals surface area (Å²) in [6.07, 6.45) is 0.891.